The second kappa shape index (κ2) is 11.2. The van der Waals surface area contributed by atoms with Gasteiger partial charge in [0, 0.05) is 17.4 Å². The van der Waals surface area contributed by atoms with Gasteiger partial charge in [0.1, 0.15) is 0 Å². The summed E-state index contributed by atoms with van der Waals surface area (Å²) in [6.45, 7) is 0.225. The van der Waals surface area contributed by atoms with Crippen LogP contribution in [0.3, 0.4) is 0 Å². The summed E-state index contributed by atoms with van der Waals surface area (Å²) >= 11 is 3.36. The first-order valence-corrected chi connectivity index (χ1v) is 9.69. The number of ether oxygens (including phenoxy) is 1. The minimum Gasteiger partial charge on any atom is -0.469 e. The predicted octanol–water partition coefficient (Wildman–Crippen LogP) is 2.92. The van der Waals surface area contributed by atoms with Gasteiger partial charge in [-0.3, -0.25) is 14.4 Å². The lowest BCUT2D eigenvalue weighted by atomic mass is 10.0. The van der Waals surface area contributed by atoms with Crippen molar-refractivity contribution in [1.29, 1.82) is 0 Å². The zero-order valence-electron chi connectivity index (χ0n) is 15.6. The molecule has 2 rings (SSSR count). The third-order valence-electron chi connectivity index (χ3n) is 4.09. The number of halogens is 1. The van der Waals surface area contributed by atoms with Crippen LogP contribution in [0.15, 0.2) is 59.1 Å². The van der Waals surface area contributed by atoms with E-state index in [9.17, 15) is 14.4 Å². The molecule has 0 saturated carbocycles. The van der Waals surface area contributed by atoms with Crippen molar-refractivity contribution in [2.24, 2.45) is 0 Å². The zero-order chi connectivity index (χ0) is 20.4. The molecule has 0 aliphatic heterocycles. The third-order valence-corrected chi connectivity index (χ3v) is 4.62. The van der Waals surface area contributed by atoms with E-state index in [-0.39, 0.29) is 37.6 Å². The van der Waals surface area contributed by atoms with Crippen LogP contribution in [0.2, 0.25) is 0 Å². The lowest BCUT2D eigenvalue weighted by molar-refractivity contribution is -0.141. The lowest BCUT2D eigenvalue weighted by Crippen LogP contribution is -2.34. The average Bonchev–Trinajstić information content (AvgIpc) is 2.68. The standard InChI is InChI=1S/C21H23BrN2O4/c1-28-21(27)14-18(16-7-9-17(22)10-8-16)24-19(25)11-12-23-20(26)13-15-5-3-2-4-6-15/h2-10,18H,11-14H2,1H3,(H,23,26)(H,24,25). The molecule has 2 aromatic carbocycles. The molecule has 1 atom stereocenters. The Morgan fingerprint density at radius 3 is 2.32 bits per heavy atom. The van der Waals surface area contributed by atoms with Gasteiger partial charge in [-0.2, -0.15) is 0 Å². The molecule has 148 valence electrons. The minimum atomic E-state index is -0.493. The fraction of sp³-hybridized carbons (Fsp3) is 0.286. The lowest BCUT2D eigenvalue weighted by Gasteiger charge is -2.18. The number of rotatable bonds is 9. The Hall–Kier alpha value is -2.67. The van der Waals surface area contributed by atoms with Crippen LogP contribution < -0.4 is 10.6 Å². The van der Waals surface area contributed by atoms with Crippen LogP contribution >= 0.6 is 15.9 Å². The van der Waals surface area contributed by atoms with Gasteiger partial charge < -0.3 is 15.4 Å². The molecular weight excluding hydrogens is 424 g/mol. The Morgan fingerprint density at radius 1 is 1.00 bits per heavy atom. The molecule has 0 bridgehead atoms. The number of carbonyl (C=O) groups is 3. The molecule has 6 nitrogen and oxygen atoms in total. The van der Waals surface area contributed by atoms with E-state index in [1.165, 1.54) is 7.11 Å². The Kier molecular flexibility index (Phi) is 8.68. The van der Waals surface area contributed by atoms with Crippen molar-refractivity contribution < 1.29 is 19.1 Å². The maximum Gasteiger partial charge on any atom is 0.307 e. The number of hydrogen-bond donors (Lipinski definition) is 2. The van der Waals surface area contributed by atoms with E-state index >= 15 is 0 Å². The molecule has 0 aliphatic carbocycles. The van der Waals surface area contributed by atoms with E-state index in [1.807, 2.05) is 54.6 Å². The molecule has 0 aliphatic rings. The molecule has 1 unspecified atom stereocenters. The van der Waals surface area contributed by atoms with Crippen LogP contribution in [0.4, 0.5) is 0 Å². The van der Waals surface area contributed by atoms with Gasteiger partial charge in [0.25, 0.3) is 0 Å². The van der Waals surface area contributed by atoms with Crippen molar-refractivity contribution in [3.63, 3.8) is 0 Å². The van der Waals surface area contributed by atoms with Crippen LogP contribution in [0.1, 0.15) is 30.0 Å². The Labute approximate surface area is 172 Å². The summed E-state index contributed by atoms with van der Waals surface area (Å²) in [4.78, 5) is 35.9. The molecule has 0 radical (unpaired) electrons. The van der Waals surface area contributed by atoms with Gasteiger partial charge in [0.05, 0.1) is 26.0 Å². The number of esters is 1. The highest BCUT2D eigenvalue weighted by Gasteiger charge is 2.19. The van der Waals surface area contributed by atoms with Gasteiger partial charge in [-0.15, -0.1) is 0 Å². The van der Waals surface area contributed by atoms with E-state index < -0.39 is 12.0 Å². The summed E-state index contributed by atoms with van der Waals surface area (Å²) in [6.07, 6.45) is 0.422. The first-order chi connectivity index (χ1) is 13.5. The summed E-state index contributed by atoms with van der Waals surface area (Å²) < 4.78 is 5.62. The number of carbonyl (C=O) groups excluding carboxylic acids is 3. The summed E-state index contributed by atoms with van der Waals surface area (Å²) in [5.41, 5.74) is 1.72. The minimum absolute atomic E-state index is 0.0320. The van der Waals surface area contributed by atoms with Crippen molar-refractivity contribution in [2.75, 3.05) is 13.7 Å². The number of methoxy groups -OCH3 is 1. The van der Waals surface area contributed by atoms with Gasteiger partial charge in [-0.1, -0.05) is 58.4 Å². The summed E-state index contributed by atoms with van der Waals surface area (Å²) in [7, 11) is 1.31. The van der Waals surface area contributed by atoms with Crippen LogP contribution in [0.25, 0.3) is 0 Å². The first-order valence-electron chi connectivity index (χ1n) is 8.90. The topological polar surface area (TPSA) is 84.5 Å². The molecule has 0 saturated heterocycles. The quantitative estimate of drug-likeness (QED) is 0.579. The van der Waals surface area contributed by atoms with Gasteiger partial charge >= 0.3 is 5.97 Å². The zero-order valence-corrected chi connectivity index (χ0v) is 17.2. The monoisotopic (exact) mass is 446 g/mol. The predicted molar refractivity (Wildman–Crippen MR) is 109 cm³/mol. The highest BCUT2D eigenvalue weighted by Crippen LogP contribution is 2.20. The molecule has 28 heavy (non-hydrogen) atoms. The van der Waals surface area contributed by atoms with Crippen LogP contribution in [-0.2, 0) is 25.5 Å². The highest BCUT2D eigenvalue weighted by atomic mass is 79.9. The molecule has 2 amide bonds. The average molecular weight is 447 g/mol. The fourth-order valence-electron chi connectivity index (χ4n) is 2.62. The Balaban J connectivity index is 1.84. The van der Waals surface area contributed by atoms with Crippen molar-refractivity contribution >= 4 is 33.7 Å². The van der Waals surface area contributed by atoms with Crippen LogP contribution in [0.5, 0.6) is 0 Å². The summed E-state index contributed by atoms with van der Waals surface area (Å²) in [5, 5.41) is 5.57. The molecule has 2 N–H and O–H groups in total. The summed E-state index contributed by atoms with van der Waals surface area (Å²) in [5.74, 6) is -0.806. The normalized spacial score (nSPS) is 11.4. The van der Waals surface area contributed by atoms with Gasteiger partial charge in [-0.25, -0.2) is 0 Å². The number of nitrogens with one attached hydrogen (secondary N) is 2. The van der Waals surface area contributed by atoms with E-state index in [2.05, 4.69) is 26.6 Å². The Morgan fingerprint density at radius 2 is 1.68 bits per heavy atom. The second-order valence-electron chi connectivity index (χ2n) is 6.21. The highest BCUT2D eigenvalue weighted by molar-refractivity contribution is 9.10. The van der Waals surface area contributed by atoms with E-state index in [1.54, 1.807) is 0 Å². The maximum atomic E-state index is 12.3. The number of amides is 2. The van der Waals surface area contributed by atoms with Crippen molar-refractivity contribution in [3.05, 3.63) is 70.2 Å². The molecule has 0 heterocycles. The van der Waals surface area contributed by atoms with Gasteiger partial charge in [0.15, 0.2) is 0 Å². The smallest absolute Gasteiger partial charge is 0.307 e. The SMILES string of the molecule is COC(=O)CC(NC(=O)CCNC(=O)Cc1ccccc1)c1ccc(Br)cc1. The van der Waals surface area contributed by atoms with Gasteiger partial charge in [0.2, 0.25) is 11.8 Å². The van der Waals surface area contributed by atoms with E-state index in [0.29, 0.717) is 0 Å². The van der Waals surface area contributed by atoms with E-state index in [4.69, 9.17) is 4.74 Å². The Bertz CT molecular complexity index is 794. The van der Waals surface area contributed by atoms with Gasteiger partial charge in [-0.05, 0) is 23.3 Å². The first kappa shape index (κ1) is 21.6. The molecule has 7 heteroatoms. The van der Waals surface area contributed by atoms with Crippen molar-refractivity contribution in [3.8, 4) is 0 Å². The number of hydrogen-bond acceptors (Lipinski definition) is 4. The molecule has 0 aromatic heterocycles. The fourth-order valence-corrected chi connectivity index (χ4v) is 2.89. The molecular formula is C21H23BrN2O4. The number of benzene rings is 2. The third kappa shape index (κ3) is 7.52. The van der Waals surface area contributed by atoms with Crippen LogP contribution in [0, 0.1) is 0 Å². The van der Waals surface area contributed by atoms with E-state index in [0.717, 1.165) is 15.6 Å². The summed E-state index contributed by atoms with van der Waals surface area (Å²) in [6, 6.07) is 16.3. The van der Waals surface area contributed by atoms with Crippen molar-refractivity contribution in [1.82, 2.24) is 10.6 Å². The van der Waals surface area contributed by atoms with Crippen molar-refractivity contribution in [2.45, 2.75) is 25.3 Å². The van der Waals surface area contributed by atoms with Crippen LogP contribution in [-0.4, -0.2) is 31.4 Å². The molecule has 0 fully saturated rings. The molecule has 2 aromatic rings. The molecule has 0 spiro atoms. The second-order valence-corrected chi connectivity index (χ2v) is 7.13. The largest absolute Gasteiger partial charge is 0.469 e. The maximum absolute atomic E-state index is 12.3.